The van der Waals surface area contributed by atoms with Crippen molar-refractivity contribution in [2.24, 2.45) is 5.92 Å². The Hall–Kier alpha value is -0.580. The van der Waals surface area contributed by atoms with Gasteiger partial charge in [0, 0.05) is 18.2 Å². The van der Waals surface area contributed by atoms with Crippen LogP contribution in [0.2, 0.25) is 0 Å². The van der Waals surface area contributed by atoms with Gasteiger partial charge in [-0.15, -0.1) is 0 Å². The van der Waals surface area contributed by atoms with Crippen LogP contribution in [0, 0.1) is 5.92 Å². The topological polar surface area (TPSA) is 63.2 Å². The molecule has 0 aromatic carbocycles. The smallest absolute Gasteiger partial charge is 0.222 e. The summed E-state index contributed by atoms with van der Waals surface area (Å²) in [6.45, 7) is 4.59. The first-order chi connectivity index (χ1) is 9.04. The molecule has 0 spiro atoms. The molecule has 0 aliphatic heterocycles. The first kappa shape index (κ1) is 18.4. The number of hydrogen-bond acceptors (Lipinski definition) is 3. The lowest BCUT2D eigenvalue weighted by Gasteiger charge is -2.07. The standard InChI is InChI=1S/C14H29NO3S/c1-13(2)14(16)15-11-9-7-5-3-4-6-8-10-12-19(17)18/h13,19H,3-12H2,1-2H3,(H,15,16). The van der Waals surface area contributed by atoms with Crippen molar-refractivity contribution in [2.45, 2.75) is 65.2 Å². The molecule has 0 saturated heterocycles. The molecule has 0 fully saturated rings. The number of amides is 1. The Kier molecular flexibility index (Phi) is 12.1. The van der Waals surface area contributed by atoms with Gasteiger partial charge in [0.1, 0.15) is 10.7 Å². The minimum Gasteiger partial charge on any atom is -0.356 e. The Balaban J connectivity index is 3.13. The summed E-state index contributed by atoms with van der Waals surface area (Å²) in [5.41, 5.74) is 0. The normalized spacial score (nSPS) is 11.2. The molecule has 0 radical (unpaired) electrons. The van der Waals surface area contributed by atoms with Crippen LogP contribution in [0.5, 0.6) is 0 Å². The molecular weight excluding hydrogens is 262 g/mol. The average molecular weight is 291 g/mol. The molecule has 1 amide bonds. The monoisotopic (exact) mass is 291 g/mol. The summed E-state index contributed by atoms with van der Waals surface area (Å²) in [5, 5.41) is 2.92. The van der Waals surface area contributed by atoms with E-state index < -0.39 is 10.7 Å². The van der Waals surface area contributed by atoms with Crippen molar-refractivity contribution in [3.05, 3.63) is 0 Å². The molecule has 0 aromatic rings. The van der Waals surface area contributed by atoms with Gasteiger partial charge in [-0.3, -0.25) is 4.79 Å². The molecule has 4 nitrogen and oxygen atoms in total. The molecule has 114 valence electrons. The van der Waals surface area contributed by atoms with E-state index in [1.54, 1.807) is 0 Å². The van der Waals surface area contributed by atoms with E-state index >= 15 is 0 Å². The molecule has 0 aliphatic carbocycles. The molecule has 0 unspecified atom stereocenters. The number of hydrogen-bond donors (Lipinski definition) is 2. The second-order valence-electron chi connectivity index (χ2n) is 5.33. The molecule has 0 heterocycles. The van der Waals surface area contributed by atoms with Gasteiger partial charge >= 0.3 is 0 Å². The largest absolute Gasteiger partial charge is 0.356 e. The highest BCUT2D eigenvalue weighted by Gasteiger charge is 2.04. The third-order valence-corrected chi connectivity index (χ3v) is 3.77. The van der Waals surface area contributed by atoms with Crippen molar-refractivity contribution in [3.63, 3.8) is 0 Å². The van der Waals surface area contributed by atoms with Crippen LogP contribution in [-0.4, -0.2) is 26.6 Å². The maximum Gasteiger partial charge on any atom is 0.222 e. The van der Waals surface area contributed by atoms with Crippen LogP contribution in [0.25, 0.3) is 0 Å². The first-order valence-corrected chi connectivity index (χ1v) is 8.80. The van der Waals surface area contributed by atoms with Gasteiger partial charge in [-0.25, -0.2) is 8.42 Å². The molecule has 0 aromatic heterocycles. The van der Waals surface area contributed by atoms with E-state index in [2.05, 4.69) is 5.32 Å². The van der Waals surface area contributed by atoms with Gasteiger partial charge in [0.05, 0.1) is 0 Å². The van der Waals surface area contributed by atoms with Crippen LogP contribution in [0.1, 0.15) is 65.2 Å². The van der Waals surface area contributed by atoms with Crippen molar-refractivity contribution in [2.75, 3.05) is 12.3 Å². The average Bonchev–Trinajstić information content (AvgIpc) is 2.35. The predicted molar refractivity (Wildman–Crippen MR) is 80.0 cm³/mol. The summed E-state index contributed by atoms with van der Waals surface area (Å²) >= 11 is 0. The molecule has 0 atom stereocenters. The van der Waals surface area contributed by atoms with Crippen molar-refractivity contribution < 1.29 is 13.2 Å². The molecular formula is C14H29NO3S. The lowest BCUT2D eigenvalue weighted by molar-refractivity contribution is -0.123. The van der Waals surface area contributed by atoms with Gasteiger partial charge in [-0.05, 0) is 12.8 Å². The Labute approximate surface area is 119 Å². The van der Waals surface area contributed by atoms with E-state index in [-0.39, 0.29) is 11.8 Å². The first-order valence-electron chi connectivity index (χ1n) is 7.43. The van der Waals surface area contributed by atoms with Crippen molar-refractivity contribution in [1.29, 1.82) is 0 Å². The highest BCUT2D eigenvalue weighted by atomic mass is 32.2. The van der Waals surface area contributed by atoms with Crippen molar-refractivity contribution in [1.82, 2.24) is 5.32 Å². The zero-order valence-electron chi connectivity index (χ0n) is 12.3. The van der Waals surface area contributed by atoms with Gasteiger partial charge in [0.25, 0.3) is 0 Å². The van der Waals surface area contributed by atoms with Gasteiger partial charge in [0.15, 0.2) is 0 Å². The summed E-state index contributed by atoms with van der Waals surface area (Å²) in [5.74, 6) is 0.547. The summed E-state index contributed by atoms with van der Waals surface area (Å²) in [4.78, 5) is 11.3. The molecule has 0 bridgehead atoms. The molecule has 19 heavy (non-hydrogen) atoms. The maximum absolute atomic E-state index is 11.3. The van der Waals surface area contributed by atoms with E-state index in [4.69, 9.17) is 0 Å². The number of rotatable bonds is 12. The Morgan fingerprint density at radius 2 is 1.37 bits per heavy atom. The Bertz CT molecular complexity index is 293. The fourth-order valence-electron chi connectivity index (χ4n) is 1.84. The molecule has 0 aliphatic rings. The number of nitrogens with one attached hydrogen (secondary N) is 1. The Morgan fingerprint density at radius 3 is 1.84 bits per heavy atom. The van der Waals surface area contributed by atoms with E-state index in [0.29, 0.717) is 5.75 Å². The van der Waals surface area contributed by atoms with Gasteiger partial charge in [-0.2, -0.15) is 0 Å². The van der Waals surface area contributed by atoms with E-state index in [9.17, 15) is 13.2 Å². The summed E-state index contributed by atoms with van der Waals surface area (Å²) in [6, 6.07) is 0. The minimum absolute atomic E-state index is 0.0734. The fourth-order valence-corrected chi connectivity index (χ4v) is 2.32. The van der Waals surface area contributed by atoms with Gasteiger partial charge in [0.2, 0.25) is 5.91 Å². The number of carbonyl (C=O) groups is 1. The van der Waals surface area contributed by atoms with Crippen LogP contribution in [0.15, 0.2) is 0 Å². The molecule has 1 N–H and O–H groups in total. The zero-order valence-corrected chi connectivity index (χ0v) is 13.2. The molecule has 5 heteroatoms. The van der Waals surface area contributed by atoms with E-state index in [1.807, 2.05) is 13.8 Å². The maximum atomic E-state index is 11.3. The van der Waals surface area contributed by atoms with Crippen LogP contribution in [-0.2, 0) is 15.5 Å². The molecule has 0 rings (SSSR count). The van der Waals surface area contributed by atoms with Crippen molar-refractivity contribution >= 4 is 16.6 Å². The number of carbonyl (C=O) groups excluding carboxylic acids is 1. The van der Waals surface area contributed by atoms with Gasteiger partial charge in [-0.1, -0.05) is 52.4 Å². The van der Waals surface area contributed by atoms with Gasteiger partial charge < -0.3 is 5.32 Å². The highest BCUT2D eigenvalue weighted by Crippen LogP contribution is 2.08. The summed E-state index contributed by atoms with van der Waals surface area (Å²) in [6.07, 6.45) is 8.77. The quantitative estimate of drug-likeness (QED) is 0.429. The van der Waals surface area contributed by atoms with Crippen LogP contribution < -0.4 is 5.32 Å². The highest BCUT2D eigenvalue weighted by molar-refractivity contribution is 7.72. The molecule has 0 saturated carbocycles. The SMILES string of the molecule is CC(C)C(=O)NCCCCCCCCCC[SH](=O)=O. The van der Waals surface area contributed by atoms with Crippen LogP contribution in [0.3, 0.4) is 0 Å². The van der Waals surface area contributed by atoms with E-state index in [1.165, 1.54) is 19.3 Å². The number of unbranched alkanes of at least 4 members (excludes halogenated alkanes) is 7. The van der Waals surface area contributed by atoms with Crippen molar-refractivity contribution in [3.8, 4) is 0 Å². The Morgan fingerprint density at radius 1 is 0.895 bits per heavy atom. The minimum atomic E-state index is -2.18. The number of thiol groups is 1. The summed E-state index contributed by atoms with van der Waals surface area (Å²) < 4.78 is 20.7. The second-order valence-corrected chi connectivity index (χ2v) is 6.44. The second kappa shape index (κ2) is 12.5. The van der Waals surface area contributed by atoms with Crippen LogP contribution >= 0.6 is 0 Å². The zero-order chi connectivity index (χ0) is 14.5. The lowest BCUT2D eigenvalue weighted by Crippen LogP contribution is -2.28. The van der Waals surface area contributed by atoms with E-state index in [0.717, 1.165) is 38.6 Å². The third kappa shape index (κ3) is 13.6. The lowest BCUT2D eigenvalue weighted by atomic mass is 10.1. The predicted octanol–water partition coefficient (Wildman–Crippen LogP) is 2.49. The fraction of sp³-hybridized carbons (Fsp3) is 0.929. The van der Waals surface area contributed by atoms with Crippen LogP contribution in [0.4, 0.5) is 0 Å². The summed E-state index contributed by atoms with van der Waals surface area (Å²) in [7, 11) is -2.18. The third-order valence-electron chi connectivity index (χ3n) is 3.09.